The van der Waals surface area contributed by atoms with Crippen molar-refractivity contribution in [1.29, 1.82) is 0 Å². The highest BCUT2D eigenvalue weighted by atomic mass is 19.2. The van der Waals surface area contributed by atoms with Crippen molar-refractivity contribution in [2.24, 2.45) is 10.2 Å². The van der Waals surface area contributed by atoms with E-state index in [2.05, 4.69) is 40.7 Å². The highest BCUT2D eigenvalue weighted by Crippen LogP contribution is 2.29. The first-order valence-corrected chi connectivity index (χ1v) is 16.4. The van der Waals surface area contributed by atoms with Gasteiger partial charge in [0.1, 0.15) is 6.04 Å². The Morgan fingerprint density at radius 2 is 1.04 bits per heavy atom. The first-order valence-electron chi connectivity index (χ1n) is 16.4. The fourth-order valence-corrected chi connectivity index (χ4v) is 3.99. The van der Waals surface area contributed by atoms with E-state index in [-0.39, 0.29) is 136 Å². The maximum Gasteiger partial charge on any atom is 0.334 e. The molecule has 1 atom stereocenters. The van der Waals surface area contributed by atoms with Crippen molar-refractivity contribution in [3.05, 3.63) is 50.0 Å². The van der Waals surface area contributed by atoms with Gasteiger partial charge < -0.3 is 39.6 Å². The molecule has 296 valence electrons. The van der Waals surface area contributed by atoms with Crippen LogP contribution in [0.4, 0.5) is 22.0 Å². The van der Waals surface area contributed by atoms with Crippen LogP contribution in [0.15, 0.2) is 10.2 Å². The van der Waals surface area contributed by atoms with Crippen molar-refractivity contribution in [3.63, 3.8) is 0 Å². The number of amides is 3. The number of esters is 1. The Kier molecular flexibility index (Phi) is 25.1. The second-order valence-corrected chi connectivity index (χ2v) is 10.6. The van der Waals surface area contributed by atoms with Crippen LogP contribution in [0.5, 0.6) is 5.75 Å². The van der Waals surface area contributed by atoms with Crippen LogP contribution in [0, 0.1) is 29.1 Å². The minimum absolute atomic E-state index is 0.0163. The van der Waals surface area contributed by atoms with Gasteiger partial charge in [-0.25, -0.2) is 18.0 Å². The third kappa shape index (κ3) is 20.7. The molecule has 0 bridgehead atoms. The molecule has 0 saturated carbocycles. The largest absolute Gasteiger partial charge is 0.418 e. The predicted molar refractivity (Wildman–Crippen MR) is 173 cm³/mol. The summed E-state index contributed by atoms with van der Waals surface area (Å²) >= 11 is 0. The summed E-state index contributed by atoms with van der Waals surface area (Å²) < 4.78 is 94.4. The number of benzene rings is 1. The average Bonchev–Trinajstić information content (AvgIpc) is 3.14. The van der Waals surface area contributed by atoms with Crippen LogP contribution < -0.4 is 20.7 Å². The lowest BCUT2D eigenvalue weighted by molar-refractivity contribution is -0.140. The van der Waals surface area contributed by atoms with E-state index in [1.807, 2.05) is 0 Å². The molecule has 53 heavy (non-hydrogen) atoms. The van der Waals surface area contributed by atoms with Gasteiger partial charge in [0.2, 0.25) is 52.6 Å². The normalized spacial score (nSPS) is 11.2. The molecule has 0 radical (unpaired) electrons. The number of carbonyl (C=O) groups is 4. The lowest BCUT2D eigenvalue weighted by Gasteiger charge is -2.18. The first-order chi connectivity index (χ1) is 25.5. The summed E-state index contributed by atoms with van der Waals surface area (Å²) in [6.07, 6.45) is 0.122. The highest BCUT2D eigenvalue weighted by Gasteiger charge is 2.31. The number of nitrogens with zero attached hydrogens (tertiary/aromatic N) is 6. The molecule has 0 aliphatic rings. The van der Waals surface area contributed by atoms with E-state index in [4.69, 9.17) is 30.0 Å². The van der Waals surface area contributed by atoms with Crippen molar-refractivity contribution in [2.75, 3.05) is 79.0 Å². The fourth-order valence-electron chi connectivity index (χ4n) is 3.99. The molecule has 0 aliphatic heterocycles. The molecule has 1 aromatic carbocycles. The third-order valence-electron chi connectivity index (χ3n) is 6.63. The van der Waals surface area contributed by atoms with Crippen LogP contribution in [-0.4, -0.2) is 109 Å². The molecule has 1 rings (SSSR count). The maximum atomic E-state index is 14.2. The topological polar surface area (TPSA) is 248 Å². The van der Waals surface area contributed by atoms with Gasteiger partial charge in [-0.3, -0.25) is 14.4 Å². The zero-order valence-electron chi connectivity index (χ0n) is 28.8. The second-order valence-electron chi connectivity index (χ2n) is 10.6. The molecule has 3 N–H and O–H groups in total. The van der Waals surface area contributed by atoms with Crippen LogP contribution in [0.3, 0.4) is 0 Å². The average molecular weight is 768 g/mol. The Balaban J connectivity index is 2.54. The molecule has 1 unspecified atom stereocenters. The summed E-state index contributed by atoms with van der Waals surface area (Å²) in [7, 11) is 0. The zero-order chi connectivity index (χ0) is 39.3. The van der Waals surface area contributed by atoms with Crippen LogP contribution in [0.2, 0.25) is 0 Å². The number of ether oxygens (including phenoxy) is 5. The monoisotopic (exact) mass is 767 g/mol. The molecule has 3 amide bonds. The van der Waals surface area contributed by atoms with Gasteiger partial charge in [-0.15, -0.1) is 0 Å². The van der Waals surface area contributed by atoms with Gasteiger partial charge in [-0.05, 0) is 36.7 Å². The van der Waals surface area contributed by atoms with Gasteiger partial charge in [0, 0.05) is 55.3 Å². The van der Waals surface area contributed by atoms with Crippen LogP contribution in [-0.2, 0) is 38.1 Å². The lowest BCUT2D eigenvalue weighted by Crippen LogP contribution is -2.43. The number of rotatable bonds is 30. The van der Waals surface area contributed by atoms with Crippen molar-refractivity contribution in [3.8, 4) is 5.75 Å². The molecule has 0 heterocycles. The van der Waals surface area contributed by atoms with E-state index < -0.39 is 52.8 Å². The van der Waals surface area contributed by atoms with Crippen LogP contribution in [0.25, 0.3) is 20.9 Å². The molecular formula is C30H42F5N9O9. The smallest absolute Gasteiger partial charge is 0.334 e. The SMILES string of the molecule is [N-]=[N+]=NCCOCCOCCC(=O)NCCCCC(NC(=O)CCCNC(=O)CCOCCOCCN=[N+]=[N-])C(=O)Oc1c(F)c(F)c(F)c(F)c1F. The molecule has 1 aromatic rings. The van der Waals surface area contributed by atoms with Gasteiger partial charge >= 0.3 is 5.97 Å². The number of unbranched alkanes of at least 4 members (excludes halogenated alkanes) is 1. The second kappa shape index (κ2) is 28.8. The minimum Gasteiger partial charge on any atom is -0.418 e. The van der Waals surface area contributed by atoms with E-state index in [0.717, 1.165) is 0 Å². The number of halogens is 5. The van der Waals surface area contributed by atoms with Crippen molar-refractivity contribution in [1.82, 2.24) is 16.0 Å². The van der Waals surface area contributed by atoms with Gasteiger partial charge in [0.05, 0.1) is 52.9 Å². The van der Waals surface area contributed by atoms with Crippen molar-refractivity contribution >= 4 is 23.7 Å². The predicted octanol–water partition coefficient (Wildman–Crippen LogP) is 3.42. The van der Waals surface area contributed by atoms with E-state index >= 15 is 0 Å². The Bertz CT molecular complexity index is 1390. The fraction of sp³-hybridized carbons (Fsp3) is 0.667. The number of carbonyl (C=O) groups excluding carboxylic acids is 4. The standard InChI is InChI=1S/C30H42F5N9O9/c31-24-25(32)27(34)29(28(35)26(24)33)53-30(48)20(4-1-2-8-38-21(45)6-12-49-16-18-51-14-10-40-43-36)42-23(47)5-3-9-39-22(46)7-13-50-17-19-52-15-11-41-44-37/h20H,1-19H2,(H,38,45)(H,39,46)(H,42,47). The van der Waals surface area contributed by atoms with Crippen LogP contribution >= 0.6 is 0 Å². The summed E-state index contributed by atoms with van der Waals surface area (Å²) in [6, 6.07) is -1.58. The first kappa shape index (κ1) is 46.2. The molecule has 23 heteroatoms. The highest BCUT2D eigenvalue weighted by molar-refractivity contribution is 5.85. The summed E-state index contributed by atoms with van der Waals surface area (Å²) in [6.45, 7) is 2.10. The molecule has 0 spiro atoms. The molecule has 0 aliphatic carbocycles. The summed E-state index contributed by atoms with van der Waals surface area (Å²) in [4.78, 5) is 54.6. The minimum atomic E-state index is -2.45. The molecule has 0 fully saturated rings. The zero-order valence-corrected chi connectivity index (χ0v) is 28.8. The maximum absolute atomic E-state index is 14.2. The van der Waals surface area contributed by atoms with Gasteiger partial charge in [0.25, 0.3) is 0 Å². The van der Waals surface area contributed by atoms with Gasteiger partial charge in [-0.2, -0.15) is 8.78 Å². The van der Waals surface area contributed by atoms with E-state index in [9.17, 15) is 41.1 Å². The van der Waals surface area contributed by atoms with E-state index in [1.165, 1.54) is 0 Å². The number of azide groups is 2. The van der Waals surface area contributed by atoms with Crippen molar-refractivity contribution < 1.29 is 64.8 Å². The van der Waals surface area contributed by atoms with E-state index in [0.29, 0.717) is 0 Å². The number of hydrogen-bond donors (Lipinski definition) is 3. The van der Waals surface area contributed by atoms with Crippen LogP contribution in [0.1, 0.15) is 44.9 Å². The molecule has 0 aromatic heterocycles. The molecular weight excluding hydrogens is 725 g/mol. The van der Waals surface area contributed by atoms with Crippen molar-refractivity contribution in [2.45, 2.75) is 51.0 Å². The summed E-state index contributed by atoms with van der Waals surface area (Å²) in [5, 5.41) is 14.1. The quantitative estimate of drug-likeness (QED) is 0.0119. The Labute approximate surface area is 300 Å². The van der Waals surface area contributed by atoms with Gasteiger partial charge in [-0.1, -0.05) is 10.2 Å². The number of hydrogen-bond acceptors (Lipinski definition) is 11. The number of nitrogens with one attached hydrogen (secondary N) is 3. The Hall–Kier alpha value is -4.79. The van der Waals surface area contributed by atoms with Gasteiger partial charge in [0.15, 0.2) is 0 Å². The summed E-state index contributed by atoms with van der Waals surface area (Å²) in [5.74, 6) is -16.6. The lowest BCUT2D eigenvalue weighted by atomic mass is 10.1. The third-order valence-corrected chi connectivity index (χ3v) is 6.63. The summed E-state index contributed by atoms with van der Waals surface area (Å²) in [5.41, 5.74) is 16.3. The molecule has 0 saturated heterocycles. The van der Waals surface area contributed by atoms with E-state index in [1.54, 1.807) is 0 Å². The Morgan fingerprint density at radius 3 is 1.53 bits per heavy atom. The molecule has 18 nitrogen and oxygen atoms in total. The Morgan fingerprint density at radius 1 is 0.585 bits per heavy atom.